The van der Waals surface area contributed by atoms with Gasteiger partial charge in [0.05, 0.1) is 0 Å². The van der Waals surface area contributed by atoms with Gasteiger partial charge < -0.3 is 4.79 Å². The van der Waals surface area contributed by atoms with Crippen molar-refractivity contribution in [3.63, 3.8) is 0 Å². The van der Waals surface area contributed by atoms with E-state index in [-0.39, 0.29) is 5.41 Å². The van der Waals surface area contributed by atoms with Crippen LogP contribution in [0.1, 0.15) is 53.9 Å². The second kappa shape index (κ2) is 5.41. The van der Waals surface area contributed by atoms with E-state index in [9.17, 15) is 4.79 Å². The zero-order chi connectivity index (χ0) is 10.5. The van der Waals surface area contributed by atoms with Gasteiger partial charge in [-0.25, -0.2) is 0 Å². The average molecular weight is 184 g/mol. The third-order valence-corrected chi connectivity index (χ3v) is 2.71. The molecule has 0 rings (SSSR count). The minimum Gasteiger partial charge on any atom is -0.303 e. The van der Waals surface area contributed by atoms with Crippen LogP contribution in [0, 0.1) is 17.3 Å². The summed E-state index contributed by atoms with van der Waals surface area (Å²) in [5.74, 6) is 1.39. The fourth-order valence-corrected chi connectivity index (χ4v) is 1.77. The first-order valence-corrected chi connectivity index (χ1v) is 5.39. The van der Waals surface area contributed by atoms with Gasteiger partial charge in [-0.05, 0) is 18.3 Å². The van der Waals surface area contributed by atoms with Crippen molar-refractivity contribution >= 4 is 6.29 Å². The molecule has 0 N–H and O–H groups in total. The van der Waals surface area contributed by atoms with E-state index in [1.807, 2.05) is 13.8 Å². The molecule has 0 spiro atoms. The van der Waals surface area contributed by atoms with E-state index in [4.69, 9.17) is 0 Å². The molecule has 0 bridgehead atoms. The monoisotopic (exact) mass is 184 g/mol. The van der Waals surface area contributed by atoms with E-state index in [0.717, 1.165) is 12.7 Å². The maximum atomic E-state index is 10.8. The van der Waals surface area contributed by atoms with Crippen LogP contribution in [0.5, 0.6) is 0 Å². The fourth-order valence-electron chi connectivity index (χ4n) is 1.77. The van der Waals surface area contributed by atoms with Crippen LogP contribution in [0.4, 0.5) is 0 Å². The molecular formula is C12H24O. The van der Waals surface area contributed by atoms with Gasteiger partial charge in [-0.3, -0.25) is 0 Å². The van der Waals surface area contributed by atoms with E-state index in [1.165, 1.54) is 12.8 Å². The molecule has 0 saturated carbocycles. The molecule has 0 radical (unpaired) electrons. The van der Waals surface area contributed by atoms with Crippen molar-refractivity contribution < 1.29 is 4.79 Å². The molecular weight excluding hydrogens is 160 g/mol. The summed E-state index contributed by atoms with van der Waals surface area (Å²) in [6.45, 7) is 10.8. The van der Waals surface area contributed by atoms with Gasteiger partial charge in [-0.2, -0.15) is 0 Å². The van der Waals surface area contributed by atoms with Gasteiger partial charge in [0.25, 0.3) is 0 Å². The Bertz CT molecular complexity index is 147. The largest absolute Gasteiger partial charge is 0.303 e. The Kier molecular flexibility index (Phi) is 5.27. The highest BCUT2D eigenvalue weighted by Crippen LogP contribution is 2.30. The number of carbonyl (C=O) groups excluding carboxylic acids is 1. The molecule has 0 aromatic carbocycles. The summed E-state index contributed by atoms with van der Waals surface area (Å²) in [5.41, 5.74) is -0.135. The normalized spacial score (nSPS) is 14.6. The summed E-state index contributed by atoms with van der Waals surface area (Å²) in [6.07, 6.45) is 4.59. The lowest BCUT2D eigenvalue weighted by Crippen LogP contribution is -2.21. The van der Waals surface area contributed by atoms with E-state index >= 15 is 0 Å². The summed E-state index contributed by atoms with van der Waals surface area (Å²) < 4.78 is 0. The van der Waals surface area contributed by atoms with Gasteiger partial charge in [0.15, 0.2) is 0 Å². The standard InChI is InChI=1S/C12H24O/c1-6-7-11(10(2)3)8-12(4,5)9-13/h9-11H,6-8H2,1-5H3. The van der Waals surface area contributed by atoms with E-state index in [2.05, 4.69) is 20.8 Å². The summed E-state index contributed by atoms with van der Waals surface area (Å²) >= 11 is 0. The molecule has 0 aromatic rings. The Morgan fingerprint density at radius 1 is 1.31 bits per heavy atom. The highest BCUT2D eigenvalue weighted by atomic mass is 16.1. The molecule has 0 saturated heterocycles. The SMILES string of the molecule is CCCC(CC(C)(C)C=O)C(C)C. The lowest BCUT2D eigenvalue weighted by atomic mass is 9.77. The smallest absolute Gasteiger partial charge is 0.125 e. The van der Waals surface area contributed by atoms with Crippen LogP contribution in [0.2, 0.25) is 0 Å². The fraction of sp³-hybridized carbons (Fsp3) is 0.917. The number of hydrogen-bond donors (Lipinski definition) is 0. The number of aldehydes is 1. The Hall–Kier alpha value is -0.330. The topological polar surface area (TPSA) is 17.1 Å². The van der Waals surface area contributed by atoms with Crippen LogP contribution in [0.25, 0.3) is 0 Å². The van der Waals surface area contributed by atoms with Crippen LogP contribution in [0.15, 0.2) is 0 Å². The summed E-state index contributed by atoms with van der Waals surface area (Å²) in [5, 5.41) is 0. The van der Waals surface area contributed by atoms with Crippen molar-refractivity contribution in [1.29, 1.82) is 0 Å². The summed E-state index contributed by atoms with van der Waals surface area (Å²) in [4.78, 5) is 10.8. The lowest BCUT2D eigenvalue weighted by molar-refractivity contribution is -0.115. The quantitative estimate of drug-likeness (QED) is 0.576. The van der Waals surface area contributed by atoms with E-state index in [1.54, 1.807) is 0 Å². The zero-order valence-corrected chi connectivity index (χ0v) is 9.76. The number of carbonyl (C=O) groups is 1. The van der Waals surface area contributed by atoms with E-state index in [0.29, 0.717) is 11.8 Å². The molecule has 78 valence electrons. The van der Waals surface area contributed by atoms with Gasteiger partial charge in [0.1, 0.15) is 6.29 Å². The summed E-state index contributed by atoms with van der Waals surface area (Å²) in [7, 11) is 0. The van der Waals surface area contributed by atoms with Gasteiger partial charge in [0, 0.05) is 5.41 Å². The molecule has 1 heteroatoms. The second-order valence-corrected chi connectivity index (χ2v) is 5.10. The minimum absolute atomic E-state index is 0.135. The van der Waals surface area contributed by atoms with Crippen molar-refractivity contribution in [2.45, 2.75) is 53.9 Å². The predicted molar refractivity (Wildman–Crippen MR) is 57.7 cm³/mol. The molecule has 0 amide bonds. The van der Waals surface area contributed by atoms with Crippen LogP contribution in [0.3, 0.4) is 0 Å². The van der Waals surface area contributed by atoms with Crippen LogP contribution in [-0.4, -0.2) is 6.29 Å². The molecule has 1 nitrogen and oxygen atoms in total. The predicted octanol–water partition coefficient (Wildman–Crippen LogP) is 3.67. The average Bonchev–Trinajstić information content (AvgIpc) is 2.03. The highest BCUT2D eigenvalue weighted by Gasteiger charge is 2.23. The Labute approximate surface area is 82.9 Å². The molecule has 0 heterocycles. The van der Waals surface area contributed by atoms with Gasteiger partial charge in [0.2, 0.25) is 0 Å². The Morgan fingerprint density at radius 2 is 1.85 bits per heavy atom. The van der Waals surface area contributed by atoms with Gasteiger partial charge in [-0.15, -0.1) is 0 Å². The minimum atomic E-state index is -0.135. The maximum absolute atomic E-state index is 10.8. The Morgan fingerprint density at radius 3 is 2.15 bits per heavy atom. The zero-order valence-electron chi connectivity index (χ0n) is 9.76. The van der Waals surface area contributed by atoms with E-state index < -0.39 is 0 Å². The first-order chi connectivity index (χ1) is 5.93. The second-order valence-electron chi connectivity index (χ2n) is 5.10. The van der Waals surface area contributed by atoms with Gasteiger partial charge in [-0.1, -0.05) is 47.5 Å². The summed E-state index contributed by atoms with van der Waals surface area (Å²) in [6, 6.07) is 0. The van der Waals surface area contributed by atoms with Crippen LogP contribution in [-0.2, 0) is 4.79 Å². The Balaban J connectivity index is 4.16. The molecule has 1 atom stereocenters. The van der Waals surface area contributed by atoms with Crippen LogP contribution < -0.4 is 0 Å². The molecule has 0 fully saturated rings. The first kappa shape index (κ1) is 12.7. The van der Waals surface area contributed by atoms with Gasteiger partial charge >= 0.3 is 0 Å². The molecule has 0 aliphatic carbocycles. The molecule has 0 aliphatic rings. The molecule has 0 aromatic heterocycles. The molecule has 13 heavy (non-hydrogen) atoms. The maximum Gasteiger partial charge on any atom is 0.125 e. The van der Waals surface area contributed by atoms with Crippen molar-refractivity contribution in [2.24, 2.45) is 17.3 Å². The van der Waals surface area contributed by atoms with Crippen molar-refractivity contribution in [1.82, 2.24) is 0 Å². The van der Waals surface area contributed by atoms with Crippen molar-refractivity contribution in [2.75, 3.05) is 0 Å². The molecule has 1 unspecified atom stereocenters. The number of rotatable bonds is 6. The van der Waals surface area contributed by atoms with Crippen LogP contribution >= 0.6 is 0 Å². The number of hydrogen-bond acceptors (Lipinski definition) is 1. The van der Waals surface area contributed by atoms with Crippen molar-refractivity contribution in [3.05, 3.63) is 0 Å². The van der Waals surface area contributed by atoms with Crippen molar-refractivity contribution in [3.8, 4) is 0 Å². The third-order valence-electron chi connectivity index (χ3n) is 2.71. The highest BCUT2D eigenvalue weighted by molar-refractivity contribution is 5.57. The molecule has 0 aliphatic heterocycles. The first-order valence-electron chi connectivity index (χ1n) is 5.39. The lowest BCUT2D eigenvalue weighted by Gasteiger charge is -2.27. The third kappa shape index (κ3) is 5.07.